The van der Waals surface area contributed by atoms with Gasteiger partial charge in [-0.05, 0) is 90.1 Å². The molecule has 1 nitrogen and oxygen atoms in total. The molecule has 1 heteroatoms. The minimum Gasteiger partial charge on any atom is -0.192 e. The molecule has 0 heterocycles. The second-order valence-electron chi connectivity index (χ2n) is 8.56. The van der Waals surface area contributed by atoms with Crippen molar-refractivity contribution in [1.29, 1.82) is 5.26 Å². The Hall–Kier alpha value is -3.55. The lowest BCUT2D eigenvalue weighted by molar-refractivity contribution is 0.607. The van der Waals surface area contributed by atoms with Gasteiger partial charge in [-0.3, -0.25) is 0 Å². The minimum absolute atomic E-state index is 0.618. The molecule has 1 atom stereocenters. The second-order valence-corrected chi connectivity index (χ2v) is 8.56. The minimum atomic E-state index is 0.618. The normalized spacial score (nSPS) is 15.2. The number of unbranched alkanes of at least 4 members (excludes halogenated alkanes) is 1. The molecule has 0 amide bonds. The lowest BCUT2D eigenvalue weighted by atomic mass is 9.84. The lowest BCUT2D eigenvalue weighted by Crippen LogP contribution is -2.04. The summed E-state index contributed by atoms with van der Waals surface area (Å²) < 4.78 is 0. The number of hydrogen-bond donors (Lipinski definition) is 0. The molecule has 1 unspecified atom stereocenters. The van der Waals surface area contributed by atoms with Gasteiger partial charge in [0.15, 0.2) is 0 Å². The zero-order valence-corrected chi connectivity index (χ0v) is 18.8. The number of aryl methyl sites for hydroxylation is 1. The van der Waals surface area contributed by atoms with E-state index in [4.69, 9.17) is 5.26 Å². The maximum atomic E-state index is 8.94. The van der Waals surface area contributed by atoms with Crippen molar-refractivity contribution in [3.8, 4) is 29.0 Å². The van der Waals surface area contributed by atoms with Crippen LogP contribution in [0.15, 0.2) is 84.4 Å². The predicted octanol–water partition coefficient (Wildman–Crippen LogP) is 7.81. The summed E-state index contributed by atoms with van der Waals surface area (Å²) in [7, 11) is 0. The van der Waals surface area contributed by atoms with Crippen LogP contribution >= 0.6 is 0 Å². The van der Waals surface area contributed by atoms with E-state index in [0.29, 0.717) is 11.5 Å². The molecule has 0 aliphatic heterocycles. The molecule has 4 rings (SSSR count). The van der Waals surface area contributed by atoms with E-state index in [-0.39, 0.29) is 0 Å². The molecule has 0 fully saturated rings. The van der Waals surface area contributed by atoms with Crippen LogP contribution in [0, 0.1) is 23.2 Å². The monoisotopic (exact) mass is 415 g/mol. The standard InChI is InChI=1S/C31H29N/c1-2-3-4-24-7-15-28(16-8-24)29-17-9-25(10-18-29)5-6-26-11-19-30(20-12-26)31-21-13-27(23-32)14-22-31/h7-9,11-16,19-22,29H,2-4,10,17-18H2,1H3. The first kappa shape index (κ1) is 21.7. The third-order valence-corrected chi connectivity index (χ3v) is 6.28. The Morgan fingerprint density at radius 3 is 2.03 bits per heavy atom. The smallest absolute Gasteiger partial charge is 0.0991 e. The van der Waals surface area contributed by atoms with Gasteiger partial charge in [0.25, 0.3) is 0 Å². The molecular weight excluding hydrogens is 386 g/mol. The van der Waals surface area contributed by atoms with Crippen molar-refractivity contribution in [3.05, 3.63) is 107 Å². The van der Waals surface area contributed by atoms with Crippen LogP contribution in [-0.2, 0) is 6.42 Å². The summed E-state index contributed by atoms with van der Waals surface area (Å²) in [5.41, 5.74) is 8.15. The van der Waals surface area contributed by atoms with Crippen LogP contribution in [0.3, 0.4) is 0 Å². The Bertz CT molecular complexity index is 1160. The Morgan fingerprint density at radius 2 is 1.47 bits per heavy atom. The second kappa shape index (κ2) is 10.7. The molecule has 0 spiro atoms. The maximum Gasteiger partial charge on any atom is 0.0991 e. The van der Waals surface area contributed by atoms with E-state index in [9.17, 15) is 0 Å². The molecular formula is C31H29N. The van der Waals surface area contributed by atoms with E-state index >= 15 is 0 Å². The molecule has 158 valence electrons. The molecule has 0 N–H and O–H groups in total. The van der Waals surface area contributed by atoms with Crippen LogP contribution < -0.4 is 0 Å². The van der Waals surface area contributed by atoms with E-state index < -0.39 is 0 Å². The zero-order valence-electron chi connectivity index (χ0n) is 18.8. The van der Waals surface area contributed by atoms with Crippen LogP contribution in [0.1, 0.15) is 67.2 Å². The van der Waals surface area contributed by atoms with E-state index in [1.54, 1.807) is 0 Å². The van der Waals surface area contributed by atoms with E-state index in [0.717, 1.165) is 29.5 Å². The van der Waals surface area contributed by atoms with Crippen molar-refractivity contribution in [3.63, 3.8) is 0 Å². The van der Waals surface area contributed by atoms with Gasteiger partial charge in [-0.15, -0.1) is 0 Å². The number of hydrogen-bond acceptors (Lipinski definition) is 1. The number of allylic oxidation sites excluding steroid dienone is 2. The molecule has 3 aromatic carbocycles. The molecule has 0 saturated heterocycles. The highest BCUT2D eigenvalue weighted by Gasteiger charge is 2.15. The topological polar surface area (TPSA) is 23.8 Å². The van der Waals surface area contributed by atoms with Crippen LogP contribution in [0.25, 0.3) is 11.1 Å². The third kappa shape index (κ3) is 5.57. The fourth-order valence-corrected chi connectivity index (χ4v) is 4.22. The lowest BCUT2D eigenvalue weighted by Gasteiger charge is -2.20. The number of benzene rings is 3. The summed E-state index contributed by atoms with van der Waals surface area (Å²) in [6, 6.07) is 27.5. The van der Waals surface area contributed by atoms with Crippen molar-refractivity contribution < 1.29 is 0 Å². The van der Waals surface area contributed by atoms with Crippen LogP contribution in [0.2, 0.25) is 0 Å². The summed E-state index contributed by atoms with van der Waals surface area (Å²) in [5.74, 6) is 7.34. The summed E-state index contributed by atoms with van der Waals surface area (Å²) in [4.78, 5) is 0. The Labute approximate surface area is 192 Å². The first-order valence-corrected chi connectivity index (χ1v) is 11.7. The highest BCUT2D eigenvalue weighted by atomic mass is 14.2. The molecule has 1 aliphatic rings. The highest BCUT2D eigenvalue weighted by Crippen LogP contribution is 2.32. The fourth-order valence-electron chi connectivity index (χ4n) is 4.22. The summed E-state index contributed by atoms with van der Waals surface area (Å²) >= 11 is 0. The molecule has 1 aliphatic carbocycles. The van der Waals surface area contributed by atoms with Crippen molar-refractivity contribution in [2.75, 3.05) is 0 Å². The van der Waals surface area contributed by atoms with Gasteiger partial charge in [-0.2, -0.15) is 5.26 Å². The van der Waals surface area contributed by atoms with Crippen LogP contribution in [0.4, 0.5) is 0 Å². The average molecular weight is 416 g/mol. The predicted molar refractivity (Wildman–Crippen MR) is 133 cm³/mol. The summed E-state index contributed by atoms with van der Waals surface area (Å²) in [6.45, 7) is 2.25. The van der Waals surface area contributed by atoms with E-state index in [1.165, 1.54) is 42.4 Å². The first-order valence-electron chi connectivity index (χ1n) is 11.7. The van der Waals surface area contributed by atoms with Gasteiger partial charge >= 0.3 is 0 Å². The summed E-state index contributed by atoms with van der Waals surface area (Å²) in [6.07, 6.45) is 9.35. The van der Waals surface area contributed by atoms with E-state index in [1.807, 2.05) is 24.3 Å². The molecule has 0 saturated carbocycles. The summed E-state index contributed by atoms with van der Waals surface area (Å²) in [5, 5.41) is 8.94. The van der Waals surface area contributed by atoms with Gasteiger partial charge in [0.1, 0.15) is 0 Å². The quantitative estimate of drug-likeness (QED) is 0.390. The Balaban J connectivity index is 1.36. The van der Waals surface area contributed by atoms with Gasteiger partial charge < -0.3 is 0 Å². The average Bonchev–Trinajstić information content (AvgIpc) is 2.87. The zero-order chi connectivity index (χ0) is 22.2. The molecule has 0 radical (unpaired) electrons. The molecule has 3 aromatic rings. The van der Waals surface area contributed by atoms with Crippen molar-refractivity contribution >= 4 is 0 Å². The van der Waals surface area contributed by atoms with Gasteiger partial charge in [-0.25, -0.2) is 0 Å². The Morgan fingerprint density at radius 1 is 0.812 bits per heavy atom. The number of nitriles is 1. The number of rotatable bonds is 5. The largest absolute Gasteiger partial charge is 0.192 e. The van der Waals surface area contributed by atoms with Crippen LogP contribution in [-0.4, -0.2) is 0 Å². The van der Waals surface area contributed by atoms with E-state index in [2.05, 4.69) is 79.4 Å². The first-order chi connectivity index (χ1) is 15.7. The number of nitrogens with zero attached hydrogens (tertiary/aromatic N) is 1. The molecule has 32 heavy (non-hydrogen) atoms. The van der Waals surface area contributed by atoms with Crippen molar-refractivity contribution in [1.82, 2.24) is 0 Å². The highest BCUT2D eigenvalue weighted by molar-refractivity contribution is 5.65. The molecule has 0 aromatic heterocycles. The van der Waals surface area contributed by atoms with Gasteiger partial charge in [0, 0.05) is 5.56 Å². The molecule has 0 bridgehead atoms. The third-order valence-electron chi connectivity index (χ3n) is 6.28. The fraction of sp³-hybridized carbons (Fsp3) is 0.258. The van der Waals surface area contributed by atoms with Gasteiger partial charge in [0.2, 0.25) is 0 Å². The van der Waals surface area contributed by atoms with Crippen LogP contribution in [0.5, 0.6) is 0 Å². The van der Waals surface area contributed by atoms with Gasteiger partial charge in [0.05, 0.1) is 11.6 Å². The maximum absolute atomic E-state index is 8.94. The van der Waals surface area contributed by atoms with Gasteiger partial charge in [-0.1, -0.05) is 79.8 Å². The van der Waals surface area contributed by atoms with Crippen molar-refractivity contribution in [2.24, 2.45) is 0 Å². The van der Waals surface area contributed by atoms with Crippen molar-refractivity contribution in [2.45, 2.75) is 51.4 Å². The Kier molecular flexibility index (Phi) is 7.22. The SMILES string of the molecule is CCCCc1ccc(C2CC=C(C#Cc3ccc(-c4ccc(C#N)cc4)cc3)CC2)cc1.